The molecule has 2 saturated heterocycles. The molecule has 1 aromatic rings. The summed E-state index contributed by atoms with van der Waals surface area (Å²) in [5, 5.41) is 0. The molecule has 0 bridgehead atoms. The van der Waals surface area contributed by atoms with Gasteiger partial charge in [-0.25, -0.2) is 0 Å². The van der Waals surface area contributed by atoms with E-state index >= 15 is 0 Å². The predicted octanol–water partition coefficient (Wildman–Crippen LogP) is 1.48. The maximum absolute atomic E-state index is 12.4. The molecule has 0 saturated carbocycles. The highest BCUT2D eigenvalue weighted by atomic mass is 16.5. The van der Waals surface area contributed by atoms with E-state index in [0.29, 0.717) is 6.04 Å². The molecule has 4 rings (SSSR count). The van der Waals surface area contributed by atoms with E-state index in [2.05, 4.69) is 29.2 Å². The number of rotatable bonds is 2. The summed E-state index contributed by atoms with van der Waals surface area (Å²) in [5.74, 6) is 0.215. The molecule has 22 heavy (non-hydrogen) atoms. The first kappa shape index (κ1) is 14.2. The molecule has 1 unspecified atom stereocenters. The highest BCUT2D eigenvalue weighted by Gasteiger charge is 2.33. The minimum absolute atomic E-state index is 0.165. The number of carbonyl (C=O) groups excluding carboxylic acids is 1. The van der Waals surface area contributed by atoms with E-state index in [1.165, 1.54) is 11.1 Å². The summed E-state index contributed by atoms with van der Waals surface area (Å²) < 4.78 is 5.53. The minimum Gasteiger partial charge on any atom is -0.368 e. The van der Waals surface area contributed by atoms with Crippen LogP contribution in [-0.2, 0) is 22.4 Å². The van der Waals surface area contributed by atoms with Gasteiger partial charge in [-0.1, -0.05) is 24.3 Å². The molecule has 0 radical (unpaired) electrons. The van der Waals surface area contributed by atoms with Crippen LogP contribution in [0.1, 0.15) is 24.0 Å². The van der Waals surface area contributed by atoms with E-state index in [9.17, 15) is 4.79 Å². The third-order valence-electron chi connectivity index (χ3n) is 5.38. The lowest BCUT2D eigenvalue weighted by Crippen LogP contribution is -2.54. The number of nitrogens with zero attached hydrogens (tertiary/aromatic N) is 2. The van der Waals surface area contributed by atoms with E-state index in [0.717, 1.165) is 58.5 Å². The van der Waals surface area contributed by atoms with Crippen molar-refractivity contribution in [3.63, 3.8) is 0 Å². The molecule has 2 aliphatic heterocycles. The molecular formula is C18H24N2O2. The Morgan fingerprint density at radius 3 is 2.32 bits per heavy atom. The highest BCUT2D eigenvalue weighted by Crippen LogP contribution is 2.26. The molecule has 0 aromatic heterocycles. The molecule has 118 valence electrons. The van der Waals surface area contributed by atoms with Crippen LogP contribution in [0.4, 0.5) is 0 Å². The van der Waals surface area contributed by atoms with E-state index < -0.39 is 0 Å². The molecule has 1 amide bonds. The second-order valence-corrected chi connectivity index (χ2v) is 6.69. The summed E-state index contributed by atoms with van der Waals surface area (Å²) in [6, 6.07) is 9.41. The van der Waals surface area contributed by atoms with Gasteiger partial charge in [0.1, 0.15) is 6.10 Å². The number of amides is 1. The van der Waals surface area contributed by atoms with Gasteiger partial charge in [0.25, 0.3) is 5.91 Å². The Kier molecular flexibility index (Phi) is 3.89. The van der Waals surface area contributed by atoms with Crippen LogP contribution >= 0.6 is 0 Å². The van der Waals surface area contributed by atoms with Gasteiger partial charge in [0, 0.05) is 38.8 Å². The first-order valence-electron chi connectivity index (χ1n) is 8.52. The first-order chi connectivity index (χ1) is 10.8. The fourth-order valence-electron chi connectivity index (χ4n) is 4.08. The van der Waals surface area contributed by atoms with E-state index in [-0.39, 0.29) is 12.0 Å². The second kappa shape index (κ2) is 6.01. The number of ether oxygens (including phenoxy) is 1. The molecule has 4 nitrogen and oxygen atoms in total. The van der Waals surface area contributed by atoms with Crippen LogP contribution in [-0.4, -0.2) is 60.6 Å². The van der Waals surface area contributed by atoms with Crippen LogP contribution in [0, 0.1) is 0 Å². The molecule has 1 aromatic carbocycles. The van der Waals surface area contributed by atoms with Gasteiger partial charge in [-0.05, 0) is 36.8 Å². The Morgan fingerprint density at radius 2 is 1.73 bits per heavy atom. The van der Waals surface area contributed by atoms with Gasteiger partial charge in [0.05, 0.1) is 0 Å². The van der Waals surface area contributed by atoms with Crippen LogP contribution < -0.4 is 0 Å². The fourth-order valence-corrected chi connectivity index (χ4v) is 4.08. The van der Waals surface area contributed by atoms with E-state index in [1.54, 1.807) is 0 Å². The van der Waals surface area contributed by atoms with Crippen LogP contribution in [0.5, 0.6) is 0 Å². The SMILES string of the molecule is O=C(C1CCCO1)N1CCN(C2Cc3ccccc3C2)CC1. The highest BCUT2D eigenvalue weighted by molar-refractivity contribution is 5.81. The lowest BCUT2D eigenvalue weighted by atomic mass is 10.1. The number of piperazine rings is 1. The van der Waals surface area contributed by atoms with Gasteiger partial charge in [0.2, 0.25) is 0 Å². The molecule has 1 atom stereocenters. The topological polar surface area (TPSA) is 32.8 Å². The van der Waals surface area contributed by atoms with Gasteiger partial charge in [-0.3, -0.25) is 9.69 Å². The number of fused-ring (bicyclic) bond motifs is 1. The van der Waals surface area contributed by atoms with E-state index in [1.807, 2.05) is 4.90 Å². The minimum atomic E-state index is -0.165. The maximum atomic E-state index is 12.4. The van der Waals surface area contributed by atoms with Crippen LogP contribution in [0.15, 0.2) is 24.3 Å². The monoisotopic (exact) mass is 300 g/mol. The van der Waals surface area contributed by atoms with Crippen LogP contribution in [0.25, 0.3) is 0 Å². The summed E-state index contributed by atoms with van der Waals surface area (Å²) >= 11 is 0. The van der Waals surface area contributed by atoms with Gasteiger partial charge in [-0.15, -0.1) is 0 Å². The van der Waals surface area contributed by atoms with Crippen molar-refractivity contribution in [3.8, 4) is 0 Å². The van der Waals surface area contributed by atoms with Crippen molar-refractivity contribution >= 4 is 5.91 Å². The van der Waals surface area contributed by atoms with Gasteiger partial charge in [0.15, 0.2) is 0 Å². The van der Waals surface area contributed by atoms with Crippen LogP contribution in [0.3, 0.4) is 0 Å². The first-order valence-corrected chi connectivity index (χ1v) is 8.52. The number of benzene rings is 1. The summed E-state index contributed by atoms with van der Waals surface area (Å²) in [5.41, 5.74) is 3.01. The average molecular weight is 300 g/mol. The molecule has 0 spiro atoms. The van der Waals surface area contributed by atoms with Gasteiger partial charge >= 0.3 is 0 Å². The average Bonchev–Trinajstić information content (AvgIpc) is 3.23. The number of carbonyl (C=O) groups is 1. The molecule has 0 N–H and O–H groups in total. The normalized spacial score (nSPS) is 26.4. The van der Waals surface area contributed by atoms with Crippen molar-refractivity contribution in [2.75, 3.05) is 32.8 Å². The van der Waals surface area contributed by atoms with Crippen molar-refractivity contribution in [2.24, 2.45) is 0 Å². The molecule has 2 fully saturated rings. The molecule has 4 heteroatoms. The van der Waals surface area contributed by atoms with Crippen molar-refractivity contribution in [3.05, 3.63) is 35.4 Å². The summed E-state index contributed by atoms with van der Waals surface area (Å²) in [6.07, 6.45) is 4.08. The third kappa shape index (κ3) is 2.66. The smallest absolute Gasteiger partial charge is 0.251 e. The molecule has 3 aliphatic rings. The standard InChI is InChI=1S/C18H24N2O2/c21-18(17-6-3-11-22-17)20-9-7-19(8-10-20)16-12-14-4-1-2-5-15(14)13-16/h1-2,4-5,16-17H,3,6-13H2. The predicted molar refractivity (Wildman–Crippen MR) is 84.8 cm³/mol. The zero-order chi connectivity index (χ0) is 14.9. The van der Waals surface area contributed by atoms with Crippen molar-refractivity contribution < 1.29 is 9.53 Å². The third-order valence-corrected chi connectivity index (χ3v) is 5.38. The molecule has 2 heterocycles. The maximum Gasteiger partial charge on any atom is 0.251 e. The molecular weight excluding hydrogens is 276 g/mol. The summed E-state index contributed by atoms with van der Waals surface area (Å²) in [6.45, 7) is 4.45. The van der Waals surface area contributed by atoms with Crippen molar-refractivity contribution in [2.45, 2.75) is 37.8 Å². The quantitative estimate of drug-likeness (QED) is 0.829. The van der Waals surface area contributed by atoms with Crippen LogP contribution in [0.2, 0.25) is 0 Å². The summed E-state index contributed by atoms with van der Waals surface area (Å²) in [4.78, 5) is 17.0. The van der Waals surface area contributed by atoms with Crippen molar-refractivity contribution in [1.29, 1.82) is 0 Å². The zero-order valence-corrected chi connectivity index (χ0v) is 13.0. The Balaban J connectivity index is 1.32. The lowest BCUT2D eigenvalue weighted by Gasteiger charge is -2.38. The number of hydrogen-bond donors (Lipinski definition) is 0. The fraction of sp³-hybridized carbons (Fsp3) is 0.611. The Morgan fingerprint density at radius 1 is 1.05 bits per heavy atom. The van der Waals surface area contributed by atoms with E-state index in [4.69, 9.17) is 4.74 Å². The number of hydrogen-bond acceptors (Lipinski definition) is 3. The Labute approximate surface area is 132 Å². The second-order valence-electron chi connectivity index (χ2n) is 6.69. The summed E-state index contributed by atoms with van der Waals surface area (Å²) in [7, 11) is 0. The van der Waals surface area contributed by atoms with Gasteiger partial charge < -0.3 is 9.64 Å². The Hall–Kier alpha value is -1.39. The zero-order valence-electron chi connectivity index (χ0n) is 13.0. The largest absolute Gasteiger partial charge is 0.368 e. The lowest BCUT2D eigenvalue weighted by molar-refractivity contribution is -0.143. The van der Waals surface area contributed by atoms with Crippen molar-refractivity contribution in [1.82, 2.24) is 9.80 Å². The molecule has 1 aliphatic carbocycles. The van der Waals surface area contributed by atoms with Gasteiger partial charge in [-0.2, -0.15) is 0 Å². The Bertz CT molecular complexity index is 521.